The highest BCUT2D eigenvalue weighted by atomic mass is 19.3. The average molecular weight is 282 g/mol. The molecule has 4 heteroatoms. The predicted molar refractivity (Wildman–Crippen MR) is 77.8 cm³/mol. The molecule has 2 N–H and O–H groups in total. The molecule has 1 aliphatic rings. The highest BCUT2D eigenvalue weighted by molar-refractivity contribution is 5.27. The van der Waals surface area contributed by atoms with Gasteiger partial charge in [-0.05, 0) is 43.9 Å². The van der Waals surface area contributed by atoms with E-state index >= 15 is 0 Å². The van der Waals surface area contributed by atoms with Crippen LogP contribution in [-0.4, -0.2) is 24.0 Å². The molecule has 1 fully saturated rings. The second-order valence-electron chi connectivity index (χ2n) is 5.82. The summed E-state index contributed by atoms with van der Waals surface area (Å²) in [5.41, 5.74) is 6.93. The van der Waals surface area contributed by atoms with Gasteiger partial charge in [-0.3, -0.25) is 4.90 Å². The van der Waals surface area contributed by atoms with Gasteiger partial charge in [0.05, 0.1) is 0 Å². The molecule has 1 aromatic carbocycles. The van der Waals surface area contributed by atoms with Gasteiger partial charge in [-0.1, -0.05) is 25.1 Å². The maximum atomic E-state index is 12.9. The molecule has 0 saturated carbocycles. The van der Waals surface area contributed by atoms with Crippen LogP contribution in [0, 0.1) is 5.92 Å². The summed E-state index contributed by atoms with van der Waals surface area (Å²) in [6.07, 6.45) is -0.0474. The minimum absolute atomic E-state index is 0.0337. The van der Waals surface area contributed by atoms with Crippen molar-refractivity contribution >= 4 is 0 Å². The number of hydrogen-bond donors (Lipinski definition) is 1. The molecule has 20 heavy (non-hydrogen) atoms. The number of nitrogens with zero attached hydrogens (tertiary/aromatic N) is 1. The molecule has 2 rings (SSSR count). The van der Waals surface area contributed by atoms with E-state index in [0.717, 1.165) is 18.5 Å². The fraction of sp³-hybridized carbons (Fsp3) is 0.625. The smallest absolute Gasteiger partial charge is 0.263 e. The van der Waals surface area contributed by atoms with Crippen LogP contribution >= 0.6 is 0 Å². The summed E-state index contributed by atoms with van der Waals surface area (Å²) in [6.45, 7) is 5.92. The number of likely N-dealkylation sites (tertiary alicyclic amines) is 1. The number of benzene rings is 1. The Morgan fingerprint density at radius 2 is 2.00 bits per heavy atom. The molecule has 2 nitrogen and oxygen atoms in total. The highest BCUT2D eigenvalue weighted by Gasteiger charge is 2.30. The van der Waals surface area contributed by atoms with Crippen molar-refractivity contribution in [3.63, 3.8) is 0 Å². The van der Waals surface area contributed by atoms with Crippen LogP contribution in [0.1, 0.15) is 50.3 Å². The van der Waals surface area contributed by atoms with Gasteiger partial charge in [0.15, 0.2) is 0 Å². The normalized spacial score (nSPS) is 25.9. The van der Waals surface area contributed by atoms with Gasteiger partial charge < -0.3 is 5.73 Å². The van der Waals surface area contributed by atoms with E-state index in [4.69, 9.17) is 5.73 Å². The zero-order valence-corrected chi connectivity index (χ0v) is 12.2. The number of nitrogens with two attached hydrogens (primary N) is 1. The van der Waals surface area contributed by atoms with E-state index in [0.29, 0.717) is 18.5 Å². The van der Waals surface area contributed by atoms with Crippen LogP contribution < -0.4 is 5.73 Å². The van der Waals surface area contributed by atoms with E-state index in [2.05, 4.69) is 18.7 Å². The van der Waals surface area contributed by atoms with Gasteiger partial charge in [0.25, 0.3) is 6.43 Å². The van der Waals surface area contributed by atoms with Gasteiger partial charge in [0.1, 0.15) is 0 Å². The lowest BCUT2D eigenvalue weighted by Crippen LogP contribution is -2.46. The Morgan fingerprint density at radius 1 is 1.30 bits per heavy atom. The molecule has 1 saturated heterocycles. The Labute approximate surface area is 120 Å². The number of rotatable bonds is 4. The number of hydrogen-bond acceptors (Lipinski definition) is 2. The van der Waals surface area contributed by atoms with E-state index in [-0.39, 0.29) is 11.6 Å². The first kappa shape index (κ1) is 15.4. The summed E-state index contributed by atoms with van der Waals surface area (Å²) in [5, 5.41) is 0. The summed E-state index contributed by atoms with van der Waals surface area (Å²) >= 11 is 0. The van der Waals surface area contributed by atoms with E-state index in [9.17, 15) is 8.78 Å². The number of alkyl halides is 2. The summed E-state index contributed by atoms with van der Waals surface area (Å²) in [4.78, 5) is 2.37. The zero-order valence-electron chi connectivity index (χ0n) is 12.2. The first-order chi connectivity index (χ1) is 9.54. The molecular formula is C16H24F2N2. The molecule has 3 unspecified atom stereocenters. The first-order valence-corrected chi connectivity index (χ1v) is 7.38. The van der Waals surface area contributed by atoms with Crippen molar-refractivity contribution in [3.8, 4) is 0 Å². The quantitative estimate of drug-likeness (QED) is 0.911. The molecule has 0 spiro atoms. The highest BCUT2D eigenvalue weighted by Crippen LogP contribution is 2.32. The Hall–Kier alpha value is -1.00. The van der Waals surface area contributed by atoms with Gasteiger partial charge >= 0.3 is 0 Å². The molecule has 0 aliphatic carbocycles. The van der Waals surface area contributed by atoms with Crippen LogP contribution in [0.2, 0.25) is 0 Å². The van der Waals surface area contributed by atoms with Gasteiger partial charge in [-0.15, -0.1) is 0 Å². The van der Waals surface area contributed by atoms with Crippen molar-refractivity contribution in [2.45, 2.75) is 45.2 Å². The first-order valence-electron chi connectivity index (χ1n) is 7.38. The van der Waals surface area contributed by atoms with Crippen LogP contribution in [0.3, 0.4) is 0 Å². The van der Waals surface area contributed by atoms with E-state index in [1.165, 1.54) is 12.5 Å². The third kappa shape index (κ3) is 3.18. The van der Waals surface area contributed by atoms with Gasteiger partial charge in [-0.25, -0.2) is 8.78 Å². The third-order valence-corrected chi connectivity index (χ3v) is 4.59. The monoisotopic (exact) mass is 282 g/mol. The van der Waals surface area contributed by atoms with Crippen LogP contribution in [0.4, 0.5) is 8.78 Å². The van der Waals surface area contributed by atoms with Crippen LogP contribution in [-0.2, 0) is 0 Å². The molecule has 3 atom stereocenters. The zero-order chi connectivity index (χ0) is 14.7. The van der Waals surface area contributed by atoms with Crippen LogP contribution in [0.25, 0.3) is 0 Å². The van der Waals surface area contributed by atoms with Gasteiger partial charge in [0.2, 0.25) is 0 Å². The third-order valence-electron chi connectivity index (χ3n) is 4.59. The lowest BCUT2D eigenvalue weighted by molar-refractivity contribution is 0.0707. The largest absolute Gasteiger partial charge is 0.329 e. The number of piperidine rings is 1. The van der Waals surface area contributed by atoms with E-state index in [1.54, 1.807) is 12.1 Å². The fourth-order valence-electron chi connectivity index (χ4n) is 3.17. The molecule has 0 amide bonds. The Morgan fingerprint density at radius 3 is 2.65 bits per heavy atom. The Bertz CT molecular complexity index is 436. The van der Waals surface area contributed by atoms with Crippen molar-refractivity contribution in [1.29, 1.82) is 0 Å². The number of halogens is 2. The van der Waals surface area contributed by atoms with E-state index in [1.807, 2.05) is 6.07 Å². The predicted octanol–water partition coefficient (Wildman–Crippen LogP) is 3.74. The summed E-state index contributed by atoms with van der Waals surface area (Å²) < 4.78 is 25.7. The molecule has 1 aromatic rings. The summed E-state index contributed by atoms with van der Waals surface area (Å²) in [6, 6.07) is 7.17. The van der Waals surface area contributed by atoms with Crippen molar-refractivity contribution in [2.24, 2.45) is 11.7 Å². The van der Waals surface area contributed by atoms with Crippen molar-refractivity contribution < 1.29 is 8.78 Å². The standard InChI is InChI=1S/C16H24F2N2/c1-11-5-4-8-20(12(11)2)15(10-19)13-6-3-7-14(9-13)16(17)18/h3,6-7,9,11-12,15-16H,4-5,8,10,19H2,1-2H3. The van der Waals surface area contributed by atoms with Crippen LogP contribution in [0.15, 0.2) is 24.3 Å². The fourth-order valence-corrected chi connectivity index (χ4v) is 3.17. The van der Waals surface area contributed by atoms with Gasteiger partial charge in [-0.2, -0.15) is 0 Å². The summed E-state index contributed by atoms with van der Waals surface area (Å²) in [5.74, 6) is 0.621. The molecule has 0 aromatic heterocycles. The lowest BCUT2D eigenvalue weighted by atomic mass is 9.89. The van der Waals surface area contributed by atoms with E-state index < -0.39 is 6.43 Å². The molecular weight excluding hydrogens is 258 g/mol. The maximum Gasteiger partial charge on any atom is 0.263 e. The molecule has 1 aliphatic heterocycles. The SMILES string of the molecule is CC1CCCN(C(CN)c2cccc(C(F)F)c2)C1C. The Kier molecular flexibility index (Phi) is 5.11. The lowest BCUT2D eigenvalue weighted by Gasteiger charge is -2.42. The molecule has 0 bridgehead atoms. The second kappa shape index (κ2) is 6.64. The average Bonchev–Trinajstić information content (AvgIpc) is 2.44. The van der Waals surface area contributed by atoms with Crippen molar-refractivity contribution in [3.05, 3.63) is 35.4 Å². The topological polar surface area (TPSA) is 29.3 Å². The summed E-state index contributed by atoms with van der Waals surface area (Å²) in [7, 11) is 0. The van der Waals surface area contributed by atoms with Crippen molar-refractivity contribution in [2.75, 3.05) is 13.1 Å². The minimum atomic E-state index is -2.42. The molecule has 0 radical (unpaired) electrons. The van der Waals surface area contributed by atoms with Crippen LogP contribution in [0.5, 0.6) is 0 Å². The molecule has 1 heterocycles. The van der Waals surface area contributed by atoms with Gasteiger partial charge in [0, 0.05) is 24.2 Å². The maximum absolute atomic E-state index is 12.9. The second-order valence-corrected chi connectivity index (χ2v) is 5.82. The minimum Gasteiger partial charge on any atom is -0.329 e. The Balaban J connectivity index is 2.25. The van der Waals surface area contributed by atoms with Crippen molar-refractivity contribution in [1.82, 2.24) is 4.90 Å². The molecule has 112 valence electrons.